The summed E-state index contributed by atoms with van der Waals surface area (Å²) in [6, 6.07) is 8.88. The molecule has 0 saturated carbocycles. The van der Waals surface area contributed by atoms with Crippen LogP contribution in [-0.4, -0.2) is 53.8 Å². The third-order valence-corrected chi connectivity index (χ3v) is 4.49. The van der Waals surface area contributed by atoms with Gasteiger partial charge in [-0.15, -0.1) is 0 Å². The number of likely N-dealkylation sites (N-methyl/N-ethyl adjacent to an activating group) is 1. The van der Waals surface area contributed by atoms with E-state index in [4.69, 9.17) is 9.47 Å². The fourth-order valence-electron chi connectivity index (χ4n) is 2.88. The van der Waals surface area contributed by atoms with Crippen LogP contribution in [0.5, 0.6) is 5.75 Å². The number of halogens is 2. The van der Waals surface area contributed by atoms with Crippen LogP contribution >= 0.6 is 0 Å². The second-order valence-electron chi connectivity index (χ2n) is 6.54. The van der Waals surface area contributed by atoms with Crippen molar-refractivity contribution in [2.45, 2.75) is 12.8 Å². The number of amides is 1. The molecule has 1 saturated heterocycles. The molecular formula is C19H19F2N3O5. The Morgan fingerprint density at radius 1 is 1.28 bits per heavy atom. The Morgan fingerprint density at radius 3 is 2.66 bits per heavy atom. The first-order valence-corrected chi connectivity index (χ1v) is 8.80. The molecule has 2 aromatic carbocycles. The molecule has 3 rings (SSSR count). The Kier molecular flexibility index (Phi) is 6.35. The van der Waals surface area contributed by atoms with Gasteiger partial charge in [0.25, 0.3) is 5.69 Å². The lowest BCUT2D eigenvalue weighted by molar-refractivity contribution is -0.384. The third-order valence-electron chi connectivity index (χ3n) is 4.49. The summed E-state index contributed by atoms with van der Waals surface area (Å²) in [7, 11) is 1.51. The summed E-state index contributed by atoms with van der Waals surface area (Å²) in [5.74, 6) is -1.64. The minimum Gasteiger partial charge on any atom is -0.410 e. The normalized spacial score (nSPS) is 17.0. The molecule has 2 aromatic rings. The molecule has 0 aromatic heterocycles. The van der Waals surface area contributed by atoms with Gasteiger partial charge in [0.05, 0.1) is 11.5 Å². The van der Waals surface area contributed by atoms with Gasteiger partial charge in [0.1, 0.15) is 12.0 Å². The number of hydrogen-bond donors (Lipinski definition) is 0. The van der Waals surface area contributed by atoms with E-state index in [0.717, 1.165) is 12.1 Å². The van der Waals surface area contributed by atoms with Gasteiger partial charge in [-0.05, 0) is 29.8 Å². The summed E-state index contributed by atoms with van der Waals surface area (Å²) in [6.45, 7) is 1.65. The summed E-state index contributed by atoms with van der Waals surface area (Å²) in [5, 5.41) is 10.7. The average molecular weight is 407 g/mol. The van der Waals surface area contributed by atoms with Gasteiger partial charge in [0.15, 0.2) is 11.6 Å². The molecule has 1 amide bonds. The monoisotopic (exact) mass is 407 g/mol. The largest absolute Gasteiger partial charge is 0.417 e. The summed E-state index contributed by atoms with van der Waals surface area (Å²) in [6.07, 6.45) is -1.28. The van der Waals surface area contributed by atoms with Gasteiger partial charge in [0.2, 0.25) is 0 Å². The molecule has 0 N–H and O–H groups in total. The van der Waals surface area contributed by atoms with Crippen molar-refractivity contribution in [2.75, 3.05) is 26.7 Å². The van der Waals surface area contributed by atoms with Gasteiger partial charge in [-0.3, -0.25) is 19.9 Å². The lowest BCUT2D eigenvalue weighted by Crippen LogP contribution is -2.51. The number of ether oxygens (including phenoxy) is 2. The number of morpholine rings is 1. The van der Waals surface area contributed by atoms with E-state index in [9.17, 15) is 23.7 Å². The highest BCUT2D eigenvalue weighted by atomic mass is 19.2. The zero-order valence-electron chi connectivity index (χ0n) is 15.6. The zero-order valence-corrected chi connectivity index (χ0v) is 15.6. The second-order valence-corrected chi connectivity index (χ2v) is 6.54. The molecule has 0 radical (unpaired) electrons. The van der Waals surface area contributed by atoms with Gasteiger partial charge in [-0.1, -0.05) is 6.07 Å². The highest BCUT2D eigenvalue weighted by Gasteiger charge is 2.28. The summed E-state index contributed by atoms with van der Waals surface area (Å²) < 4.78 is 37.3. The molecule has 1 aliphatic rings. The molecule has 0 aliphatic carbocycles. The highest BCUT2D eigenvalue weighted by Crippen LogP contribution is 2.19. The Bertz CT molecular complexity index is 894. The maximum absolute atomic E-state index is 13.4. The number of nitrogens with zero attached hydrogens (tertiary/aromatic N) is 3. The number of hydrogen-bond acceptors (Lipinski definition) is 6. The quantitative estimate of drug-likeness (QED) is 0.559. The summed E-state index contributed by atoms with van der Waals surface area (Å²) >= 11 is 0. The van der Waals surface area contributed by atoms with Crippen molar-refractivity contribution in [3.05, 3.63) is 69.8 Å². The van der Waals surface area contributed by atoms with Crippen LogP contribution in [0.1, 0.15) is 5.56 Å². The van der Waals surface area contributed by atoms with Crippen molar-refractivity contribution in [2.24, 2.45) is 0 Å². The predicted molar refractivity (Wildman–Crippen MR) is 98.3 cm³/mol. The molecule has 1 heterocycles. The van der Waals surface area contributed by atoms with Crippen LogP contribution in [0.4, 0.5) is 19.3 Å². The van der Waals surface area contributed by atoms with Crippen LogP contribution in [0.2, 0.25) is 0 Å². The SMILES string of the molecule is CN(C(=O)Oc1ccc([N+](=O)[O-])cc1)[C@@H]1CN(Cc2ccc(F)c(F)c2)CCO1. The molecule has 0 spiro atoms. The maximum Gasteiger partial charge on any atom is 0.417 e. The number of non-ortho nitro benzene ring substituents is 1. The molecule has 154 valence electrons. The first kappa shape index (κ1) is 20.6. The Labute approximate surface area is 165 Å². The number of carbonyl (C=O) groups is 1. The number of nitro groups is 1. The maximum atomic E-state index is 13.4. The Hall–Kier alpha value is -3.11. The van der Waals surface area contributed by atoms with Crippen molar-refractivity contribution in [3.63, 3.8) is 0 Å². The summed E-state index contributed by atoms with van der Waals surface area (Å²) in [5.41, 5.74) is 0.502. The van der Waals surface area contributed by atoms with Crippen molar-refractivity contribution < 1.29 is 28.0 Å². The lowest BCUT2D eigenvalue weighted by atomic mass is 10.2. The van der Waals surface area contributed by atoms with Crippen molar-refractivity contribution in [1.82, 2.24) is 9.80 Å². The molecule has 1 fully saturated rings. The van der Waals surface area contributed by atoms with E-state index in [0.29, 0.717) is 31.8 Å². The van der Waals surface area contributed by atoms with Crippen LogP contribution in [0.25, 0.3) is 0 Å². The van der Waals surface area contributed by atoms with E-state index < -0.39 is 28.9 Å². The number of rotatable bonds is 5. The van der Waals surface area contributed by atoms with Crippen molar-refractivity contribution in [3.8, 4) is 5.75 Å². The molecule has 0 bridgehead atoms. The van der Waals surface area contributed by atoms with E-state index in [2.05, 4.69) is 0 Å². The van der Waals surface area contributed by atoms with Crippen LogP contribution in [0, 0.1) is 21.7 Å². The Morgan fingerprint density at radius 2 is 2.00 bits per heavy atom. The molecule has 10 heteroatoms. The van der Waals surface area contributed by atoms with Gasteiger partial charge < -0.3 is 9.47 Å². The van der Waals surface area contributed by atoms with Gasteiger partial charge >= 0.3 is 6.09 Å². The fourth-order valence-corrected chi connectivity index (χ4v) is 2.88. The number of carbonyl (C=O) groups excluding carboxylic acids is 1. The van der Waals surface area contributed by atoms with E-state index in [1.165, 1.54) is 42.3 Å². The smallest absolute Gasteiger partial charge is 0.410 e. The first-order chi connectivity index (χ1) is 13.8. The van der Waals surface area contributed by atoms with Crippen LogP contribution < -0.4 is 4.74 Å². The minimum absolute atomic E-state index is 0.110. The van der Waals surface area contributed by atoms with Gasteiger partial charge in [-0.2, -0.15) is 0 Å². The van der Waals surface area contributed by atoms with E-state index in [1.54, 1.807) is 0 Å². The van der Waals surface area contributed by atoms with Crippen LogP contribution in [0.15, 0.2) is 42.5 Å². The molecule has 1 aliphatic heterocycles. The van der Waals surface area contributed by atoms with Crippen molar-refractivity contribution >= 4 is 11.8 Å². The highest BCUT2D eigenvalue weighted by molar-refractivity contribution is 5.70. The van der Waals surface area contributed by atoms with Gasteiger partial charge in [-0.25, -0.2) is 13.6 Å². The van der Waals surface area contributed by atoms with Crippen LogP contribution in [0.3, 0.4) is 0 Å². The molecule has 8 nitrogen and oxygen atoms in total. The fraction of sp³-hybridized carbons (Fsp3) is 0.316. The zero-order chi connectivity index (χ0) is 21.0. The topological polar surface area (TPSA) is 85.2 Å². The van der Waals surface area contributed by atoms with Gasteiger partial charge in [0, 0.05) is 38.8 Å². The molecule has 1 atom stereocenters. The number of benzene rings is 2. The minimum atomic E-state index is -0.906. The third kappa shape index (κ3) is 5.24. The number of nitro benzene ring substituents is 1. The van der Waals surface area contributed by atoms with E-state index in [-0.39, 0.29) is 11.4 Å². The molecular weight excluding hydrogens is 388 g/mol. The first-order valence-electron chi connectivity index (χ1n) is 8.80. The Balaban J connectivity index is 1.57. The molecule has 29 heavy (non-hydrogen) atoms. The predicted octanol–water partition coefficient (Wildman–Crippen LogP) is 3.16. The second kappa shape index (κ2) is 8.93. The average Bonchev–Trinajstić information content (AvgIpc) is 2.71. The standard InChI is InChI=1S/C19H19F2N3O5/c1-22(19(25)29-15-5-3-14(4-6-15)24(26)27)18-12-23(8-9-28-18)11-13-2-7-16(20)17(21)10-13/h2-7,10,18H,8-9,11-12H2,1H3/t18-/m0/s1. The lowest BCUT2D eigenvalue weighted by Gasteiger charge is -2.36. The summed E-state index contributed by atoms with van der Waals surface area (Å²) in [4.78, 5) is 25.7. The van der Waals surface area contributed by atoms with E-state index in [1.807, 2.05) is 4.90 Å². The van der Waals surface area contributed by atoms with E-state index >= 15 is 0 Å². The molecule has 0 unspecified atom stereocenters. The van der Waals surface area contributed by atoms with Crippen molar-refractivity contribution in [1.29, 1.82) is 0 Å². The van der Waals surface area contributed by atoms with Crippen LogP contribution in [-0.2, 0) is 11.3 Å².